The van der Waals surface area contributed by atoms with Crippen LogP contribution in [0.2, 0.25) is 0 Å². The van der Waals surface area contributed by atoms with Gasteiger partial charge in [0.05, 0.1) is 6.61 Å². The average Bonchev–Trinajstić information content (AvgIpc) is 2.60. The first-order chi connectivity index (χ1) is 11.2. The fraction of sp³-hybridized carbons (Fsp3) is 0.632. The maximum atomic E-state index is 12.5. The summed E-state index contributed by atoms with van der Waals surface area (Å²) in [7, 11) is 0. The third kappa shape index (κ3) is 5.87. The summed E-state index contributed by atoms with van der Waals surface area (Å²) in [5.41, 5.74) is 1.21. The van der Waals surface area contributed by atoms with E-state index < -0.39 is 0 Å². The summed E-state index contributed by atoms with van der Waals surface area (Å²) < 4.78 is 0. The molecule has 0 atom stereocenters. The van der Waals surface area contributed by atoms with Gasteiger partial charge in [0.25, 0.3) is 0 Å². The predicted molar refractivity (Wildman–Crippen MR) is 93.4 cm³/mol. The standard InChI is InChI=1S/C19H30N2O2/c1-2-16-8-10-18(11-9-16)20-19(23)21(14-15-22)13-12-17-6-4-3-5-7-17/h3-7,16,18,22H,2,8-15H2,1H3,(H,20,23). The Hall–Kier alpha value is -1.55. The van der Waals surface area contributed by atoms with Gasteiger partial charge in [-0.1, -0.05) is 43.7 Å². The molecule has 1 fully saturated rings. The first-order valence-electron chi connectivity index (χ1n) is 8.93. The van der Waals surface area contributed by atoms with Gasteiger partial charge in [-0.05, 0) is 43.6 Å². The Labute approximate surface area is 139 Å². The van der Waals surface area contributed by atoms with Crippen LogP contribution in [0.3, 0.4) is 0 Å². The van der Waals surface area contributed by atoms with Crippen molar-refractivity contribution in [3.8, 4) is 0 Å². The van der Waals surface area contributed by atoms with Gasteiger partial charge in [0.1, 0.15) is 0 Å². The van der Waals surface area contributed by atoms with Crippen LogP contribution in [0, 0.1) is 5.92 Å². The molecule has 0 aliphatic heterocycles. The molecule has 0 heterocycles. The summed E-state index contributed by atoms with van der Waals surface area (Å²) in [6, 6.07) is 10.4. The highest BCUT2D eigenvalue weighted by Gasteiger charge is 2.23. The number of carbonyl (C=O) groups is 1. The van der Waals surface area contributed by atoms with Crippen molar-refractivity contribution >= 4 is 6.03 Å². The Morgan fingerprint density at radius 3 is 2.48 bits per heavy atom. The number of aliphatic hydroxyl groups excluding tert-OH is 1. The van der Waals surface area contributed by atoms with Crippen LogP contribution in [0.5, 0.6) is 0 Å². The summed E-state index contributed by atoms with van der Waals surface area (Å²) >= 11 is 0. The maximum absolute atomic E-state index is 12.5. The molecule has 1 aliphatic rings. The van der Waals surface area contributed by atoms with E-state index in [0.717, 1.165) is 25.2 Å². The highest BCUT2D eigenvalue weighted by Crippen LogP contribution is 2.26. The first-order valence-corrected chi connectivity index (χ1v) is 8.93. The van der Waals surface area contributed by atoms with E-state index in [-0.39, 0.29) is 12.6 Å². The van der Waals surface area contributed by atoms with Crippen molar-refractivity contribution in [2.75, 3.05) is 19.7 Å². The van der Waals surface area contributed by atoms with Crippen molar-refractivity contribution in [3.05, 3.63) is 35.9 Å². The number of rotatable bonds is 7. The van der Waals surface area contributed by atoms with Crippen LogP contribution in [-0.2, 0) is 6.42 Å². The second-order valence-corrected chi connectivity index (χ2v) is 6.52. The maximum Gasteiger partial charge on any atom is 0.317 e. The van der Waals surface area contributed by atoms with Crippen LogP contribution in [0.15, 0.2) is 30.3 Å². The third-order valence-corrected chi connectivity index (χ3v) is 4.92. The Kier molecular flexibility index (Phi) is 7.40. The van der Waals surface area contributed by atoms with Gasteiger partial charge >= 0.3 is 6.03 Å². The molecule has 1 saturated carbocycles. The van der Waals surface area contributed by atoms with Crippen molar-refractivity contribution in [2.24, 2.45) is 5.92 Å². The molecule has 1 aromatic rings. The molecule has 0 bridgehead atoms. The lowest BCUT2D eigenvalue weighted by Crippen LogP contribution is -2.47. The first kappa shape index (κ1) is 17.8. The van der Waals surface area contributed by atoms with E-state index in [1.54, 1.807) is 4.90 Å². The van der Waals surface area contributed by atoms with Gasteiger partial charge in [0, 0.05) is 19.1 Å². The Morgan fingerprint density at radius 2 is 1.87 bits per heavy atom. The van der Waals surface area contributed by atoms with Gasteiger partial charge in [-0.2, -0.15) is 0 Å². The van der Waals surface area contributed by atoms with E-state index in [1.807, 2.05) is 18.2 Å². The van der Waals surface area contributed by atoms with E-state index >= 15 is 0 Å². The fourth-order valence-electron chi connectivity index (χ4n) is 3.33. The highest BCUT2D eigenvalue weighted by atomic mass is 16.3. The molecular formula is C19H30N2O2. The molecule has 0 radical (unpaired) electrons. The van der Waals surface area contributed by atoms with Gasteiger partial charge < -0.3 is 15.3 Å². The second kappa shape index (κ2) is 9.56. The molecule has 2 rings (SSSR count). The molecule has 2 amide bonds. The Bertz CT molecular complexity index is 456. The van der Waals surface area contributed by atoms with Crippen LogP contribution in [0.4, 0.5) is 4.79 Å². The van der Waals surface area contributed by atoms with Crippen LogP contribution in [0.25, 0.3) is 0 Å². The van der Waals surface area contributed by atoms with Crippen LogP contribution in [-0.4, -0.2) is 41.8 Å². The molecular weight excluding hydrogens is 288 g/mol. The van der Waals surface area contributed by atoms with Gasteiger partial charge in [0.2, 0.25) is 0 Å². The number of urea groups is 1. The minimum atomic E-state index is -0.0325. The molecule has 0 saturated heterocycles. The molecule has 1 aliphatic carbocycles. The SMILES string of the molecule is CCC1CCC(NC(=O)N(CCO)CCc2ccccc2)CC1. The van der Waals surface area contributed by atoms with Crippen molar-refractivity contribution in [1.29, 1.82) is 0 Å². The molecule has 4 heteroatoms. The normalized spacial score (nSPS) is 21.0. The van der Waals surface area contributed by atoms with Gasteiger partial charge in [-0.25, -0.2) is 4.79 Å². The second-order valence-electron chi connectivity index (χ2n) is 6.52. The lowest BCUT2D eigenvalue weighted by molar-refractivity contribution is 0.169. The molecule has 1 aromatic carbocycles. The number of nitrogens with zero attached hydrogens (tertiary/aromatic N) is 1. The topological polar surface area (TPSA) is 52.6 Å². The summed E-state index contributed by atoms with van der Waals surface area (Å²) in [6.45, 7) is 3.28. The van der Waals surface area contributed by atoms with E-state index in [9.17, 15) is 9.90 Å². The zero-order valence-corrected chi connectivity index (χ0v) is 14.2. The summed E-state index contributed by atoms with van der Waals surface area (Å²) in [4.78, 5) is 14.2. The quantitative estimate of drug-likeness (QED) is 0.811. The molecule has 2 N–H and O–H groups in total. The summed E-state index contributed by atoms with van der Waals surface area (Å²) in [5.74, 6) is 0.828. The number of benzene rings is 1. The lowest BCUT2D eigenvalue weighted by Gasteiger charge is -2.31. The fourth-order valence-corrected chi connectivity index (χ4v) is 3.33. The van der Waals surface area contributed by atoms with Crippen LogP contribution >= 0.6 is 0 Å². The number of hydrogen-bond donors (Lipinski definition) is 2. The Balaban J connectivity index is 1.81. The minimum absolute atomic E-state index is 0.00475. The van der Waals surface area contributed by atoms with E-state index in [0.29, 0.717) is 19.1 Å². The molecule has 4 nitrogen and oxygen atoms in total. The largest absolute Gasteiger partial charge is 0.395 e. The van der Waals surface area contributed by atoms with E-state index in [2.05, 4.69) is 24.4 Å². The van der Waals surface area contributed by atoms with Crippen LogP contribution in [0.1, 0.15) is 44.6 Å². The number of carbonyl (C=O) groups excluding carboxylic acids is 1. The average molecular weight is 318 g/mol. The number of hydrogen-bond acceptors (Lipinski definition) is 2. The van der Waals surface area contributed by atoms with E-state index in [4.69, 9.17) is 0 Å². The smallest absolute Gasteiger partial charge is 0.317 e. The molecule has 0 aromatic heterocycles. The van der Waals surface area contributed by atoms with Crippen LogP contribution < -0.4 is 5.32 Å². The summed E-state index contributed by atoms with van der Waals surface area (Å²) in [6.07, 6.45) is 6.65. The van der Waals surface area contributed by atoms with Crippen molar-refractivity contribution in [3.63, 3.8) is 0 Å². The van der Waals surface area contributed by atoms with Crippen molar-refractivity contribution in [2.45, 2.75) is 51.5 Å². The zero-order valence-electron chi connectivity index (χ0n) is 14.2. The predicted octanol–water partition coefficient (Wildman–Crippen LogP) is 3.20. The third-order valence-electron chi connectivity index (χ3n) is 4.92. The lowest BCUT2D eigenvalue weighted by atomic mass is 9.84. The van der Waals surface area contributed by atoms with Gasteiger partial charge in [0.15, 0.2) is 0 Å². The van der Waals surface area contributed by atoms with Gasteiger partial charge in [-0.3, -0.25) is 0 Å². The monoisotopic (exact) mass is 318 g/mol. The molecule has 23 heavy (non-hydrogen) atoms. The number of aliphatic hydroxyl groups is 1. The molecule has 0 unspecified atom stereocenters. The zero-order chi connectivity index (χ0) is 16.5. The van der Waals surface area contributed by atoms with Crippen molar-refractivity contribution in [1.82, 2.24) is 10.2 Å². The number of nitrogens with one attached hydrogen (secondary N) is 1. The summed E-state index contributed by atoms with van der Waals surface area (Å²) in [5, 5.41) is 12.4. The molecule has 128 valence electrons. The minimum Gasteiger partial charge on any atom is -0.395 e. The Morgan fingerprint density at radius 1 is 1.17 bits per heavy atom. The molecule has 0 spiro atoms. The van der Waals surface area contributed by atoms with Gasteiger partial charge in [-0.15, -0.1) is 0 Å². The van der Waals surface area contributed by atoms with E-state index in [1.165, 1.54) is 24.8 Å². The van der Waals surface area contributed by atoms with Crippen molar-refractivity contribution < 1.29 is 9.90 Å². The number of amides is 2. The highest BCUT2D eigenvalue weighted by molar-refractivity contribution is 5.74.